The minimum atomic E-state index is -0.543. The summed E-state index contributed by atoms with van der Waals surface area (Å²) >= 11 is 0. The number of carbonyl (C=O) groups excluding carboxylic acids is 1. The van der Waals surface area contributed by atoms with Crippen LogP contribution in [0.25, 0.3) is 0 Å². The zero-order valence-electron chi connectivity index (χ0n) is 33.2. The van der Waals surface area contributed by atoms with Gasteiger partial charge >= 0.3 is 0 Å². The monoisotopic (exact) mass is 734 g/mol. The molecule has 2 aromatic carbocycles. The van der Waals surface area contributed by atoms with Gasteiger partial charge in [-0.15, -0.1) is 0 Å². The van der Waals surface area contributed by atoms with Crippen molar-refractivity contribution >= 4 is 5.91 Å². The van der Waals surface area contributed by atoms with Gasteiger partial charge in [0.05, 0.1) is 34.5 Å². The van der Waals surface area contributed by atoms with Crippen LogP contribution in [0.4, 0.5) is 0 Å². The molecule has 1 saturated heterocycles. The Bertz CT molecular complexity index is 1610. The van der Waals surface area contributed by atoms with Crippen molar-refractivity contribution in [3.63, 3.8) is 0 Å². The van der Waals surface area contributed by atoms with E-state index in [4.69, 9.17) is 28.4 Å². The van der Waals surface area contributed by atoms with Crippen molar-refractivity contribution in [1.29, 1.82) is 0 Å². The van der Waals surface area contributed by atoms with Crippen LogP contribution in [-0.2, 0) is 27.1 Å². The average molecular weight is 735 g/mol. The first kappa shape index (κ1) is 39.2. The number of benzene rings is 2. The minimum absolute atomic E-state index is 0.0562. The van der Waals surface area contributed by atoms with E-state index in [1.165, 1.54) is 16.7 Å². The largest absolute Gasteiger partial charge is 0.493 e. The quantitative estimate of drug-likeness (QED) is 0.218. The van der Waals surface area contributed by atoms with Gasteiger partial charge < -0.3 is 38.4 Å². The molecule has 4 aliphatic heterocycles. The number of ether oxygens (including phenoxy) is 6. The first-order valence-electron chi connectivity index (χ1n) is 19.8. The van der Waals surface area contributed by atoms with E-state index in [0.29, 0.717) is 55.1 Å². The molecule has 2 aromatic rings. The zero-order chi connectivity index (χ0) is 37.8. The van der Waals surface area contributed by atoms with E-state index in [9.17, 15) is 9.90 Å². The summed E-state index contributed by atoms with van der Waals surface area (Å²) in [4.78, 5) is 19.7. The second-order valence-electron chi connectivity index (χ2n) is 15.6. The second-order valence-corrected chi connectivity index (χ2v) is 15.6. The summed E-state index contributed by atoms with van der Waals surface area (Å²) in [6, 6.07) is 8.64. The lowest BCUT2D eigenvalue weighted by Crippen LogP contribution is -2.48. The Morgan fingerprint density at radius 3 is 2.11 bits per heavy atom. The van der Waals surface area contributed by atoms with Crippen molar-refractivity contribution in [3.8, 4) is 23.0 Å². The molecule has 0 bridgehead atoms. The molecule has 53 heavy (non-hydrogen) atoms. The number of allylic oxidation sites excluding steroid dienone is 1. The fourth-order valence-corrected chi connectivity index (χ4v) is 9.73. The Kier molecular flexibility index (Phi) is 12.8. The molecule has 0 aromatic heterocycles. The van der Waals surface area contributed by atoms with Crippen LogP contribution in [0, 0.1) is 29.6 Å². The number of aliphatic hydroxyl groups excluding tert-OH is 1. The maximum absolute atomic E-state index is 15.0. The Labute approximate surface area is 316 Å². The van der Waals surface area contributed by atoms with Crippen LogP contribution in [0.2, 0.25) is 0 Å². The fraction of sp³-hybridized carbons (Fsp3) is 0.651. The molecular weight excluding hydrogens is 672 g/mol. The Hall–Kier alpha value is -3.47. The molecule has 1 amide bonds. The van der Waals surface area contributed by atoms with Crippen molar-refractivity contribution in [1.82, 2.24) is 9.80 Å². The summed E-state index contributed by atoms with van der Waals surface area (Å²) in [6.45, 7) is 11.9. The van der Waals surface area contributed by atoms with E-state index in [0.717, 1.165) is 62.3 Å². The summed E-state index contributed by atoms with van der Waals surface area (Å²) in [5, 5.41) is 9.67. The number of methoxy groups -OCH3 is 4. The minimum Gasteiger partial charge on any atom is -0.493 e. The molecule has 292 valence electrons. The normalized spacial score (nSPS) is 26.9. The molecule has 0 spiro atoms. The lowest BCUT2D eigenvalue weighted by Gasteiger charge is -2.49. The third-order valence-electron chi connectivity index (χ3n) is 12.5. The smallest absolute Gasteiger partial charge is 0.289 e. The highest BCUT2D eigenvalue weighted by molar-refractivity contribution is 5.92. The summed E-state index contributed by atoms with van der Waals surface area (Å²) in [6.07, 6.45) is 7.54. The summed E-state index contributed by atoms with van der Waals surface area (Å²) in [5.74, 6) is 4.48. The Morgan fingerprint density at radius 2 is 1.51 bits per heavy atom. The molecule has 10 heteroatoms. The lowest BCUT2D eigenvalue weighted by atomic mass is 9.72. The number of aliphatic hydroxyl groups is 1. The van der Waals surface area contributed by atoms with Gasteiger partial charge in [-0.2, -0.15) is 0 Å². The third-order valence-corrected chi connectivity index (χ3v) is 12.5. The van der Waals surface area contributed by atoms with Gasteiger partial charge in [-0.05, 0) is 122 Å². The zero-order valence-corrected chi connectivity index (χ0v) is 33.2. The molecule has 4 heterocycles. The topological polar surface area (TPSA) is 99.2 Å². The molecule has 0 radical (unpaired) electrons. The first-order chi connectivity index (χ1) is 25.7. The molecule has 6 rings (SSSR count). The molecule has 0 aliphatic carbocycles. The highest BCUT2D eigenvalue weighted by atomic mass is 16.7. The van der Waals surface area contributed by atoms with Gasteiger partial charge in [-0.3, -0.25) is 9.69 Å². The average Bonchev–Trinajstić information content (AvgIpc) is 3.18. The lowest BCUT2D eigenvalue weighted by molar-refractivity contribution is -0.179. The van der Waals surface area contributed by atoms with Gasteiger partial charge in [0.25, 0.3) is 5.91 Å². The maximum Gasteiger partial charge on any atom is 0.289 e. The number of amides is 1. The van der Waals surface area contributed by atoms with Crippen molar-refractivity contribution in [2.24, 2.45) is 29.6 Å². The Balaban J connectivity index is 1.38. The molecule has 1 N–H and O–H groups in total. The Morgan fingerprint density at radius 1 is 0.887 bits per heavy atom. The van der Waals surface area contributed by atoms with Crippen molar-refractivity contribution < 1.29 is 38.3 Å². The van der Waals surface area contributed by atoms with Crippen LogP contribution < -0.4 is 18.9 Å². The molecule has 4 aliphatic rings. The van der Waals surface area contributed by atoms with E-state index < -0.39 is 6.29 Å². The summed E-state index contributed by atoms with van der Waals surface area (Å²) in [7, 11) is 6.75. The first-order valence-corrected chi connectivity index (χ1v) is 19.8. The van der Waals surface area contributed by atoms with Gasteiger partial charge in [0, 0.05) is 44.8 Å². The van der Waals surface area contributed by atoms with Crippen molar-refractivity contribution in [3.05, 3.63) is 58.4 Å². The number of hydrogen-bond acceptors (Lipinski definition) is 9. The predicted octanol–water partition coefficient (Wildman–Crippen LogP) is 7.12. The number of piperidine rings is 1. The van der Waals surface area contributed by atoms with E-state index >= 15 is 0 Å². The van der Waals surface area contributed by atoms with Crippen LogP contribution >= 0.6 is 0 Å². The fourth-order valence-electron chi connectivity index (χ4n) is 9.73. The number of nitrogens with zero attached hydrogens (tertiary/aromatic N) is 2. The van der Waals surface area contributed by atoms with Crippen LogP contribution in [0.3, 0.4) is 0 Å². The van der Waals surface area contributed by atoms with Gasteiger partial charge in [0.1, 0.15) is 0 Å². The summed E-state index contributed by atoms with van der Waals surface area (Å²) in [5.41, 5.74) is 4.97. The van der Waals surface area contributed by atoms with E-state index in [1.807, 2.05) is 6.92 Å². The van der Waals surface area contributed by atoms with E-state index in [-0.39, 0.29) is 42.4 Å². The second kappa shape index (κ2) is 17.3. The third kappa shape index (κ3) is 7.87. The van der Waals surface area contributed by atoms with Gasteiger partial charge in [-0.1, -0.05) is 27.2 Å². The van der Waals surface area contributed by atoms with E-state index in [1.54, 1.807) is 28.4 Å². The van der Waals surface area contributed by atoms with Gasteiger partial charge in [0.2, 0.25) is 6.29 Å². The molecule has 1 fully saturated rings. The van der Waals surface area contributed by atoms with Crippen molar-refractivity contribution in [2.45, 2.75) is 91.0 Å². The number of carbonyl (C=O) groups is 1. The molecule has 7 atom stereocenters. The molecule has 10 nitrogen and oxygen atoms in total. The van der Waals surface area contributed by atoms with Crippen LogP contribution in [0.15, 0.2) is 36.1 Å². The number of hydrogen-bond donors (Lipinski definition) is 1. The maximum atomic E-state index is 15.0. The van der Waals surface area contributed by atoms with E-state index in [2.05, 4.69) is 60.9 Å². The number of fused-ring (bicyclic) bond motifs is 4. The van der Waals surface area contributed by atoms with Crippen molar-refractivity contribution in [2.75, 3.05) is 61.3 Å². The van der Waals surface area contributed by atoms with Crippen LogP contribution in [0.1, 0.15) is 94.1 Å². The molecule has 0 unspecified atom stereocenters. The van der Waals surface area contributed by atoms with Gasteiger partial charge in [-0.25, -0.2) is 0 Å². The highest BCUT2D eigenvalue weighted by Crippen LogP contribution is 2.50. The summed E-state index contributed by atoms with van der Waals surface area (Å²) < 4.78 is 35.7. The van der Waals surface area contributed by atoms with Crippen LogP contribution in [0.5, 0.6) is 23.0 Å². The standard InChI is InChI=1S/C43H62N2O8/c1-9-27-25-44-15-13-28-20-37(48-5)39(50-7)23-33(28)35(44)18-30(27)19-36-34-24-40(51-8)38(49-6)21-29(34)14-16-45(36)42(47)41-22-32(26(3)4)31(12-11-17-46)43(53-41)52-10-2/h20-24,26-27,30-32,35-36,43,46H,9-19,25H2,1-8H3/t27-,30+,31+,32+,35-,36+,43+/m0/s1. The highest BCUT2D eigenvalue weighted by Gasteiger charge is 2.45. The predicted molar refractivity (Wildman–Crippen MR) is 204 cm³/mol. The van der Waals surface area contributed by atoms with Crippen LogP contribution in [-0.4, -0.2) is 88.4 Å². The number of rotatable bonds is 14. The SMILES string of the molecule is CCO[C@@H]1OC(C(=O)N2CCc3cc(OC)c(OC)cc3[C@H]2C[C@H]2C[C@H]3c4cc(OC)c(OC)cc4CCN3C[C@@H]2CC)=C[C@H](C(C)C)[C@H]1CCCO. The molecule has 0 saturated carbocycles. The molecular formula is C43H62N2O8. The van der Waals surface area contributed by atoms with Gasteiger partial charge in [0.15, 0.2) is 28.8 Å².